The first-order chi connectivity index (χ1) is 8.82. The summed E-state index contributed by atoms with van der Waals surface area (Å²) in [5.74, 6) is -1.65. The molecule has 0 spiro atoms. The summed E-state index contributed by atoms with van der Waals surface area (Å²) in [7, 11) is 1.68. The van der Waals surface area contributed by atoms with Crippen molar-refractivity contribution in [2.45, 2.75) is 20.0 Å². The molecule has 0 aliphatic rings. The van der Waals surface area contributed by atoms with Crippen molar-refractivity contribution in [2.24, 2.45) is 18.7 Å². The van der Waals surface area contributed by atoms with E-state index in [2.05, 4.69) is 0 Å². The number of carbonyl (C=O) groups is 3. The Balaban J connectivity index is 2.80. The van der Waals surface area contributed by atoms with Crippen LogP contribution in [-0.4, -0.2) is 28.6 Å². The molecule has 3 N–H and O–H groups in total. The average Bonchev–Trinajstić information content (AvgIpc) is 2.70. The van der Waals surface area contributed by atoms with E-state index in [9.17, 15) is 14.4 Å². The standard InChI is InChI=1S/C12H17N3O4/c1-7(2)9(10(16)14-12(13)18)19-11(17)8-5-4-6-15(8)3/h4-7,9H,1-3H3,(H3,13,14,16,18). The number of primary amides is 1. The Morgan fingerprint density at radius 2 is 2.00 bits per heavy atom. The molecule has 0 saturated heterocycles. The fourth-order valence-electron chi connectivity index (χ4n) is 1.53. The van der Waals surface area contributed by atoms with Crippen LogP contribution in [0.25, 0.3) is 0 Å². The van der Waals surface area contributed by atoms with Gasteiger partial charge in [-0.2, -0.15) is 0 Å². The van der Waals surface area contributed by atoms with Gasteiger partial charge in [0.1, 0.15) is 5.69 Å². The highest BCUT2D eigenvalue weighted by molar-refractivity contribution is 5.98. The van der Waals surface area contributed by atoms with E-state index in [1.807, 2.05) is 5.32 Å². The number of ether oxygens (including phenoxy) is 1. The number of urea groups is 1. The van der Waals surface area contributed by atoms with Gasteiger partial charge in [-0.25, -0.2) is 9.59 Å². The van der Waals surface area contributed by atoms with Crippen LogP contribution >= 0.6 is 0 Å². The zero-order valence-corrected chi connectivity index (χ0v) is 11.0. The highest BCUT2D eigenvalue weighted by Gasteiger charge is 2.28. The number of amides is 3. The van der Waals surface area contributed by atoms with Gasteiger partial charge < -0.3 is 15.0 Å². The second-order valence-electron chi connectivity index (χ2n) is 4.43. The number of hydrogen-bond acceptors (Lipinski definition) is 4. The first-order valence-electron chi connectivity index (χ1n) is 5.75. The molecule has 0 bridgehead atoms. The second kappa shape index (κ2) is 6.03. The molecule has 1 atom stereocenters. The molecule has 0 fully saturated rings. The number of nitrogens with zero attached hydrogens (tertiary/aromatic N) is 1. The lowest BCUT2D eigenvalue weighted by Crippen LogP contribution is -2.45. The lowest BCUT2D eigenvalue weighted by Gasteiger charge is -2.19. The molecule has 1 aromatic heterocycles. The van der Waals surface area contributed by atoms with Crippen LogP contribution in [-0.2, 0) is 16.6 Å². The van der Waals surface area contributed by atoms with E-state index in [1.165, 1.54) is 0 Å². The van der Waals surface area contributed by atoms with Gasteiger partial charge in [0.15, 0.2) is 6.10 Å². The molecule has 0 aliphatic carbocycles. The van der Waals surface area contributed by atoms with Crippen LogP contribution < -0.4 is 11.1 Å². The van der Waals surface area contributed by atoms with E-state index in [4.69, 9.17) is 10.5 Å². The zero-order valence-electron chi connectivity index (χ0n) is 11.0. The fourth-order valence-corrected chi connectivity index (χ4v) is 1.53. The zero-order chi connectivity index (χ0) is 14.6. The van der Waals surface area contributed by atoms with Gasteiger partial charge in [0.25, 0.3) is 5.91 Å². The summed E-state index contributed by atoms with van der Waals surface area (Å²) in [6, 6.07) is 2.28. The Bertz CT molecular complexity index is 493. The topological polar surface area (TPSA) is 103 Å². The molecule has 3 amide bonds. The van der Waals surface area contributed by atoms with Gasteiger partial charge in [0.05, 0.1) is 0 Å². The molecule has 7 heteroatoms. The molecule has 0 saturated carbocycles. The lowest BCUT2D eigenvalue weighted by molar-refractivity contribution is -0.130. The van der Waals surface area contributed by atoms with Crippen molar-refractivity contribution < 1.29 is 19.1 Å². The maximum Gasteiger partial charge on any atom is 0.355 e. The normalized spacial score (nSPS) is 12.0. The molecule has 0 aromatic carbocycles. The molecular weight excluding hydrogens is 250 g/mol. The highest BCUT2D eigenvalue weighted by atomic mass is 16.5. The largest absolute Gasteiger partial charge is 0.447 e. The van der Waals surface area contributed by atoms with Crippen molar-refractivity contribution in [3.05, 3.63) is 24.0 Å². The Hall–Kier alpha value is -2.31. The smallest absolute Gasteiger partial charge is 0.355 e. The van der Waals surface area contributed by atoms with Gasteiger partial charge in [-0.3, -0.25) is 10.1 Å². The van der Waals surface area contributed by atoms with Gasteiger partial charge in [0, 0.05) is 13.2 Å². The van der Waals surface area contributed by atoms with Crippen LogP contribution in [0, 0.1) is 5.92 Å². The number of aryl methyl sites for hydroxylation is 1. The van der Waals surface area contributed by atoms with Crippen LogP contribution in [0.4, 0.5) is 4.79 Å². The fraction of sp³-hybridized carbons (Fsp3) is 0.417. The van der Waals surface area contributed by atoms with Crippen LogP contribution in [0.15, 0.2) is 18.3 Å². The van der Waals surface area contributed by atoms with Crippen LogP contribution in [0.3, 0.4) is 0 Å². The Labute approximate surface area is 110 Å². The Morgan fingerprint density at radius 1 is 1.37 bits per heavy atom. The molecule has 19 heavy (non-hydrogen) atoms. The maximum atomic E-state index is 11.9. The highest BCUT2D eigenvalue weighted by Crippen LogP contribution is 2.11. The van der Waals surface area contributed by atoms with E-state index in [0.29, 0.717) is 5.69 Å². The minimum absolute atomic E-state index is 0.288. The summed E-state index contributed by atoms with van der Waals surface area (Å²) in [4.78, 5) is 34.2. The number of aromatic nitrogens is 1. The molecular formula is C12H17N3O4. The SMILES string of the molecule is CC(C)C(OC(=O)c1cccn1C)C(=O)NC(N)=O. The van der Waals surface area contributed by atoms with Crippen LogP contribution in [0.5, 0.6) is 0 Å². The van der Waals surface area contributed by atoms with Crippen molar-refractivity contribution in [1.29, 1.82) is 0 Å². The van der Waals surface area contributed by atoms with E-state index in [1.54, 1.807) is 43.8 Å². The molecule has 104 valence electrons. The van der Waals surface area contributed by atoms with E-state index in [-0.39, 0.29) is 5.92 Å². The number of hydrogen-bond donors (Lipinski definition) is 2. The van der Waals surface area contributed by atoms with Gasteiger partial charge >= 0.3 is 12.0 Å². The summed E-state index contributed by atoms with van der Waals surface area (Å²) >= 11 is 0. The number of rotatable bonds is 4. The van der Waals surface area contributed by atoms with E-state index >= 15 is 0 Å². The first-order valence-corrected chi connectivity index (χ1v) is 5.75. The Morgan fingerprint density at radius 3 is 2.42 bits per heavy atom. The summed E-state index contributed by atoms with van der Waals surface area (Å²) < 4.78 is 6.70. The third-order valence-electron chi connectivity index (χ3n) is 2.50. The van der Waals surface area contributed by atoms with Gasteiger partial charge in [-0.15, -0.1) is 0 Å². The van der Waals surface area contributed by atoms with Crippen molar-refractivity contribution in [1.82, 2.24) is 9.88 Å². The summed E-state index contributed by atoms with van der Waals surface area (Å²) in [6.07, 6.45) is 0.611. The summed E-state index contributed by atoms with van der Waals surface area (Å²) in [6.45, 7) is 3.40. The van der Waals surface area contributed by atoms with Gasteiger partial charge in [-0.1, -0.05) is 13.8 Å². The quantitative estimate of drug-likeness (QED) is 0.770. The minimum Gasteiger partial charge on any atom is -0.447 e. The van der Waals surface area contributed by atoms with Crippen molar-refractivity contribution in [3.63, 3.8) is 0 Å². The summed E-state index contributed by atoms with van der Waals surface area (Å²) in [5.41, 5.74) is 5.18. The van der Waals surface area contributed by atoms with E-state index in [0.717, 1.165) is 0 Å². The molecule has 1 rings (SSSR count). The minimum atomic E-state index is -1.07. The second-order valence-corrected chi connectivity index (χ2v) is 4.43. The molecule has 0 aliphatic heterocycles. The maximum absolute atomic E-state index is 11.9. The molecule has 1 aromatic rings. The first kappa shape index (κ1) is 14.7. The summed E-state index contributed by atoms with van der Waals surface area (Å²) in [5, 5.41) is 1.91. The van der Waals surface area contributed by atoms with Gasteiger partial charge in [-0.05, 0) is 18.1 Å². The van der Waals surface area contributed by atoms with Crippen molar-refractivity contribution in [3.8, 4) is 0 Å². The predicted molar refractivity (Wildman–Crippen MR) is 67.2 cm³/mol. The average molecular weight is 267 g/mol. The predicted octanol–water partition coefficient (Wildman–Crippen LogP) is 0.401. The van der Waals surface area contributed by atoms with Crippen molar-refractivity contribution in [2.75, 3.05) is 0 Å². The third-order valence-corrected chi connectivity index (χ3v) is 2.50. The molecule has 1 unspecified atom stereocenters. The number of esters is 1. The van der Waals surface area contributed by atoms with Crippen molar-refractivity contribution >= 4 is 17.9 Å². The number of carbonyl (C=O) groups excluding carboxylic acids is 3. The lowest BCUT2D eigenvalue weighted by atomic mass is 10.1. The number of nitrogens with one attached hydrogen (secondary N) is 1. The van der Waals surface area contributed by atoms with Gasteiger partial charge in [0.2, 0.25) is 0 Å². The molecule has 7 nitrogen and oxygen atoms in total. The van der Waals surface area contributed by atoms with Crippen LogP contribution in [0.2, 0.25) is 0 Å². The number of imide groups is 1. The third kappa shape index (κ3) is 3.84. The van der Waals surface area contributed by atoms with Crippen LogP contribution in [0.1, 0.15) is 24.3 Å². The number of nitrogens with two attached hydrogens (primary N) is 1. The molecule has 0 radical (unpaired) electrons. The Kier molecular flexibility index (Phi) is 4.68. The van der Waals surface area contributed by atoms with E-state index < -0.39 is 24.0 Å². The monoisotopic (exact) mass is 267 g/mol. The molecule has 1 heterocycles.